The van der Waals surface area contributed by atoms with Crippen LogP contribution in [0.2, 0.25) is 0 Å². The highest BCUT2D eigenvalue weighted by atomic mass is 32.1. The average molecular weight is 312 g/mol. The number of nitrogens with one attached hydrogen (secondary N) is 1. The minimum absolute atomic E-state index is 0.0189. The van der Waals surface area contributed by atoms with Gasteiger partial charge in [-0.05, 0) is 39.3 Å². The van der Waals surface area contributed by atoms with Gasteiger partial charge >= 0.3 is 0 Å². The smallest absolute Gasteiger partial charge is 0.261 e. The van der Waals surface area contributed by atoms with E-state index in [1.54, 1.807) is 6.92 Å². The molecule has 1 amide bonds. The third-order valence-electron chi connectivity index (χ3n) is 3.23. The van der Waals surface area contributed by atoms with Crippen LogP contribution in [0.5, 0.6) is 5.75 Å². The van der Waals surface area contributed by atoms with Crippen LogP contribution in [-0.4, -0.2) is 22.5 Å². The lowest BCUT2D eigenvalue weighted by atomic mass is 10.0. The van der Waals surface area contributed by atoms with E-state index in [4.69, 9.17) is 22.7 Å². The van der Waals surface area contributed by atoms with Gasteiger partial charge in [-0.2, -0.15) is 0 Å². The molecular formula is C15H21FN2O2S. The van der Waals surface area contributed by atoms with Crippen molar-refractivity contribution in [3.8, 4) is 5.75 Å². The van der Waals surface area contributed by atoms with Crippen molar-refractivity contribution in [3.63, 3.8) is 0 Å². The largest absolute Gasteiger partial charge is 0.481 e. The third kappa shape index (κ3) is 4.97. The lowest BCUT2D eigenvalue weighted by Crippen LogP contribution is -2.48. The summed E-state index contributed by atoms with van der Waals surface area (Å²) in [6.07, 6.45) is 0.0637. The van der Waals surface area contributed by atoms with Crippen LogP contribution >= 0.6 is 12.2 Å². The van der Waals surface area contributed by atoms with Gasteiger partial charge in [-0.25, -0.2) is 4.39 Å². The van der Waals surface area contributed by atoms with Gasteiger partial charge in [0.15, 0.2) is 6.10 Å². The number of hydrogen-bond donors (Lipinski definition) is 2. The van der Waals surface area contributed by atoms with Crippen molar-refractivity contribution in [1.82, 2.24) is 5.32 Å². The number of carbonyl (C=O) groups is 1. The summed E-state index contributed by atoms with van der Waals surface area (Å²) in [6.45, 7) is 7.44. The second-order valence-corrected chi connectivity index (χ2v) is 5.93. The molecule has 6 heteroatoms. The standard InChI is InChI=1S/C15H21FN2O2S/c1-5-15(3,4)18-14(19)9(2)20-10-6-7-11(13(17)21)12(16)8-10/h6-9H,5H2,1-4H3,(H2,17,21)(H,18,19). The molecule has 1 aromatic rings. The Balaban J connectivity index is 2.75. The van der Waals surface area contributed by atoms with Gasteiger partial charge in [0.25, 0.3) is 5.91 Å². The van der Waals surface area contributed by atoms with Crippen LogP contribution in [0.3, 0.4) is 0 Å². The quantitative estimate of drug-likeness (QED) is 0.792. The van der Waals surface area contributed by atoms with Gasteiger partial charge < -0.3 is 15.8 Å². The van der Waals surface area contributed by atoms with E-state index in [0.29, 0.717) is 0 Å². The number of ether oxygens (including phenoxy) is 1. The van der Waals surface area contributed by atoms with Crippen LogP contribution in [0, 0.1) is 5.82 Å². The summed E-state index contributed by atoms with van der Waals surface area (Å²) >= 11 is 4.73. The monoisotopic (exact) mass is 312 g/mol. The summed E-state index contributed by atoms with van der Waals surface area (Å²) in [7, 11) is 0. The topological polar surface area (TPSA) is 64.3 Å². The highest BCUT2D eigenvalue weighted by Gasteiger charge is 2.23. The molecule has 0 heterocycles. The molecule has 116 valence electrons. The first kappa shape index (κ1) is 17.4. The number of thiocarbonyl (C=S) groups is 1. The van der Waals surface area contributed by atoms with E-state index in [1.807, 2.05) is 20.8 Å². The fraction of sp³-hybridized carbons (Fsp3) is 0.467. The maximum atomic E-state index is 13.7. The second-order valence-electron chi connectivity index (χ2n) is 5.49. The van der Waals surface area contributed by atoms with Crippen molar-refractivity contribution in [2.75, 3.05) is 0 Å². The molecule has 1 aromatic carbocycles. The van der Waals surface area contributed by atoms with Crippen LogP contribution in [0.1, 0.15) is 39.7 Å². The second kappa shape index (κ2) is 6.85. The van der Waals surface area contributed by atoms with E-state index in [9.17, 15) is 9.18 Å². The summed E-state index contributed by atoms with van der Waals surface area (Å²) in [5.74, 6) is -0.563. The first-order chi connectivity index (χ1) is 9.66. The highest BCUT2D eigenvalue weighted by molar-refractivity contribution is 7.80. The Morgan fingerprint density at radius 1 is 1.52 bits per heavy atom. The Hall–Kier alpha value is -1.69. The molecule has 0 saturated heterocycles. The Morgan fingerprint density at radius 3 is 2.62 bits per heavy atom. The number of benzene rings is 1. The Morgan fingerprint density at radius 2 is 2.14 bits per heavy atom. The Labute approximate surface area is 129 Å². The molecule has 1 unspecified atom stereocenters. The fourth-order valence-electron chi connectivity index (χ4n) is 1.55. The maximum absolute atomic E-state index is 13.7. The molecular weight excluding hydrogens is 291 g/mol. The molecule has 0 bridgehead atoms. The zero-order valence-corrected chi connectivity index (χ0v) is 13.5. The molecule has 0 spiro atoms. The minimum Gasteiger partial charge on any atom is -0.481 e. The lowest BCUT2D eigenvalue weighted by molar-refractivity contribution is -0.128. The summed E-state index contributed by atoms with van der Waals surface area (Å²) in [4.78, 5) is 12.0. The fourth-order valence-corrected chi connectivity index (χ4v) is 1.72. The van der Waals surface area contributed by atoms with E-state index in [1.165, 1.54) is 18.2 Å². The predicted molar refractivity (Wildman–Crippen MR) is 84.9 cm³/mol. The first-order valence-corrected chi connectivity index (χ1v) is 7.15. The van der Waals surface area contributed by atoms with Crippen LogP contribution in [0.4, 0.5) is 4.39 Å². The van der Waals surface area contributed by atoms with Crippen molar-refractivity contribution in [1.29, 1.82) is 0 Å². The van der Waals surface area contributed by atoms with Crippen LogP contribution in [-0.2, 0) is 4.79 Å². The van der Waals surface area contributed by atoms with Crippen molar-refractivity contribution < 1.29 is 13.9 Å². The van der Waals surface area contributed by atoms with E-state index < -0.39 is 11.9 Å². The van der Waals surface area contributed by atoms with E-state index in [2.05, 4.69) is 5.32 Å². The van der Waals surface area contributed by atoms with E-state index in [0.717, 1.165) is 6.42 Å². The zero-order chi connectivity index (χ0) is 16.2. The molecule has 0 aliphatic heterocycles. The molecule has 21 heavy (non-hydrogen) atoms. The van der Waals surface area contributed by atoms with Crippen molar-refractivity contribution in [3.05, 3.63) is 29.6 Å². The van der Waals surface area contributed by atoms with E-state index in [-0.39, 0.29) is 27.7 Å². The van der Waals surface area contributed by atoms with Crippen molar-refractivity contribution >= 4 is 23.1 Å². The zero-order valence-electron chi connectivity index (χ0n) is 12.7. The maximum Gasteiger partial charge on any atom is 0.261 e. The molecule has 0 aliphatic carbocycles. The molecule has 0 aromatic heterocycles. The first-order valence-electron chi connectivity index (χ1n) is 6.74. The van der Waals surface area contributed by atoms with Crippen LogP contribution in [0.25, 0.3) is 0 Å². The van der Waals surface area contributed by atoms with Crippen molar-refractivity contribution in [2.45, 2.75) is 45.8 Å². The third-order valence-corrected chi connectivity index (χ3v) is 3.45. The number of rotatable bonds is 6. The summed E-state index contributed by atoms with van der Waals surface area (Å²) in [5.41, 5.74) is 5.23. The molecule has 0 aliphatic rings. The van der Waals surface area contributed by atoms with Crippen LogP contribution < -0.4 is 15.8 Å². The van der Waals surface area contributed by atoms with Gasteiger partial charge in [0.05, 0.1) is 0 Å². The predicted octanol–water partition coefficient (Wildman–Crippen LogP) is 2.53. The van der Waals surface area contributed by atoms with Gasteiger partial charge in [-0.1, -0.05) is 19.1 Å². The molecule has 3 N–H and O–H groups in total. The number of amides is 1. The minimum atomic E-state index is -0.731. The number of hydrogen-bond acceptors (Lipinski definition) is 3. The van der Waals surface area contributed by atoms with Crippen molar-refractivity contribution in [2.24, 2.45) is 5.73 Å². The Kier molecular flexibility index (Phi) is 5.66. The number of carbonyl (C=O) groups excluding carboxylic acids is 1. The lowest BCUT2D eigenvalue weighted by Gasteiger charge is -2.26. The van der Waals surface area contributed by atoms with E-state index >= 15 is 0 Å². The Bertz CT molecular complexity index is 546. The molecule has 1 rings (SSSR count). The van der Waals surface area contributed by atoms with Crippen LogP contribution in [0.15, 0.2) is 18.2 Å². The average Bonchev–Trinajstić information content (AvgIpc) is 2.37. The van der Waals surface area contributed by atoms with Gasteiger partial charge in [0.1, 0.15) is 16.6 Å². The summed E-state index contributed by atoms with van der Waals surface area (Å²) in [5, 5.41) is 2.87. The molecule has 0 saturated carbocycles. The summed E-state index contributed by atoms with van der Waals surface area (Å²) < 4.78 is 19.2. The molecule has 1 atom stereocenters. The molecule has 0 fully saturated rings. The highest BCUT2D eigenvalue weighted by Crippen LogP contribution is 2.18. The van der Waals surface area contributed by atoms with Gasteiger partial charge in [0.2, 0.25) is 0 Å². The SMILES string of the molecule is CCC(C)(C)NC(=O)C(C)Oc1ccc(C(N)=S)c(F)c1. The normalized spacial score (nSPS) is 12.6. The number of nitrogens with two attached hydrogens (primary N) is 1. The molecule has 4 nitrogen and oxygen atoms in total. The van der Waals surface area contributed by atoms with Gasteiger partial charge in [-0.3, -0.25) is 4.79 Å². The molecule has 0 radical (unpaired) electrons. The summed E-state index contributed by atoms with van der Waals surface area (Å²) in [6, 6.07) is 4.14. The van der Waals surface area contributed by atoms with Gasteiger partial charge in [-0.15, -0.1) is 0 Å². The number of halogens is 1. The van der Waals surface area contributed by atoms with Gasteiger partial charge in [0, 0.05) is 17.2 Å².